The number of likely N-dealkylation sites (tertiary alicyclic amines) is 1. The van der Waals surface area contributed by atoms with Crippen molar-refractivity contribution in [1.82, 2.24) is 9.80 Å². The van der Waals surface area contributed by atoms with E-state index in [1.807, 2.05) is 46.2 Å². The molecule has 0 radical (unpaired) electrons. The summed E-state index contributed by atoms with van der Waals surface area (Å²) in [6.45, 7) is 2.16. The Kier molecular flexibility index (Phi) is 5.08. The van der Waals surface area contributed by atoms with Gasteiger partial charge in [-0.15, -0.1) is 0 Å². The highest BCUT2D eigenvalue weighted by atomic mass is 16.5. The number of ether oxygens (including phenoxy) is 2. The zero-order valence-electron chi connectivity index (χ0n) is 18.1. The number of amides is 2. The Morgan fingerprint density at radius 2 is 1.65 bits per heavy atom. The highest BCUT2D eigenvalue weighted by molar-refractivity contribution is 6.01. The summed E-state index contributed by atoms with van der Waals surface area (Å²) >= 11 is 0. The minimum Gasteiger partial charge on any atom is -0.493 e. The molecule has 1 fully saturated rings. The Balaban J connectivity index is 1.67. The van der Waals surface area contributed by atoms with Crippen LogP contribution in [-0.4, -0.2) is 55.5 Å². The lowest BCUT2D eigenvalue weighted by atomic mass is 9.75. The van der Waals surface area contributed by atoms with E-state index >= 15 is 0 Å². The highest BCUT2D eigenvalue weighted by Gasteiger charge is 2.47. The van der Waals surface area contributed by atoms with E-state index in [-0.39, 0.29) is 17.9 Å². The highest BCUT2D eigenvalue weighted by Crippen LogP contribution is 2.49. The molecule has 2 amide bonds. The number of methoxy groups -OCH3 is 2. The number of carbonyl (C=O) groups is 2. The van der Waals surface area contributed by atoms with Crippen molar-refractivity contribution in [3.63, 3.8) is 0 Å². The van der Waals surface area contributed by atoms with Gasteiger partial charge in [0.15, 0.2) is 11.5 Å². The summed E-state index contributed by atoms with van der Waals surface area (Å²) in [5.74, 6) is 1.01. The number of benzene rings is 2. The van der Waals surface area contributed by atoms with Gasteiger partial charge in [0.1, 0.15) is 0 Å². The lowest BCUT2D eigenvalue weighted by Crippen LogP contribution is -2.51. The first kappa shape index (κ1) is 19.9. The predicted molar refractivity (Wildman–Crippen MR) is 117 cm³/mol. The van der Waals surface area contributed by atoms with Crippen LogP contribution in [0.2, 0.25) is 0 Å². The molecule has 6 nitrogen and oxygen atoms in total. The third-order valence-electron chi connectivity index (χ3n) is 6.96. The summed E-state index contributed by atoms with van der Waals surface area (Å²) < 4.78 is 11.1. The van der Waals surface area contributed by atoms with Gasteiger partial charge in [0.05, 0.1) is 26.2 Å². The van der Waals surface area contributed by atoms with Gasteiger partial charge in [-0.05, 0) is 60.6 Å². The molecule has 2 aromatic rings. The van der Waals surface area contributed by atoms with Gasteiger partial charge in [-0.3, -0.25) is 9.59 Å². The van der Waals surface area contributed by atoms with Crippen molar-refractivity contribution in [1.29, 1.82) is 0 Å². The number of carbonyl (C=O) groups excluding carboxylic acids is 2. The Hall–Kier alpha value is -3.02. The van der Waals surface area contributed by atoms with Gasteiger partial charge in [-0.25, -0.2) is 0 Å². The first-order valence-electron chi connectivity index (χ1n) is 11.1. The third kappa shape index (κ3) is 3.16. The van der Waals surface area contributed by atoms with E-state index in [4.69, 9.17) is 9.47 Å². The van der Waals surface area contributed by atoms with Gasteiger partial charge < -0.3 is 19.3 Å². The largest absolute Gasteiger partial charge is 0.493 e. The molecule has 3 heterocycles. The monoisotopic (exact) mass is 420 g/mol. The third-order valence-corrected chi connectivity index (χ3v) is 6.96. The van der Waals surface area contributed by atoms with E-state index in [0.717, 1.165) is 49.0 Å². The molecule has 31 heavy (non-hydrogen) atoms. The minimum absolute atomic E-state index is 0.00345. The van der Waals surface area contributed by atoms with E-state index < -0.39 is 5.92 Å². The molecule has 2 atom stereocenters. The van der Waals surface area contributed by atoms with Gasteiger partial charge in [-0.1, -0.05) is 18.2 Å². The Morgan fingerprint density at radius 1 is 0.935 bits per heavy atom. The van der Waals surface area contributed by atoms with Crippen LogP contribution in [0.4, 0.5) is 0 Å². The molecule has 0 unspecified atom stereocenters. The first-order valence-corrected chi connectivity index (χ1v) is 11.1. The number of piperidine rings is 1. The standard InChI is InChI=1S/C25H28N2O4/c1-30-20-14-16-10-13-27-23(19(16)15-21(20)31-2)22(25(29)26-11-6-3-7-12-26)17-8-4-5-9-18(17)24(27)28/h4-5,8-9,14-15,22-23H,3,6-7,10-13H2,1-2H3/t22-,23+/m1/s1. The van der Waals surface area contributed by atoms with Crippen molar-refractivity contribution in [2.24, 2.45) is 0 Å². The Labute approximate surface area is 182 Å². The average molecular weight is 421 g/mol. The summed E-state index contributed by atoms with van der Waals surface area (Å²) in [5.41, 5.74) is 3.59. The molecule has 3 aliphatic heterocycles. The average Bonchev–Trinajstić information content (AvgIpc) is 2.83. The normalized spacial score (nSPS) is 22.3. The summed E-state index contributed by atoms with van der Waals surface area (Å²) in [6, 6.07) is 11.2. The molecular weight excluding hydrogens is 392 g/mol. The van der Waals surface area contributed by atoms with Crippen LogP contribution < -0.4 is 9.47 Å². The molecule has 162 valence electrons. The lowest BCUT2D eigenvalue weighted by molar-refractivity contribution is -0.135. The van der Waals surface area contributed by atoms with Crippen LogP contribution in [0.5, 0.6) is 11.5 Å². The smallest absolute Gasteiger partial charge is 0.254 e. The summed E-state index contributed by atoms with van der Waals surface area (Å²) in [7, 11) is 3.24. The second-order valence-electron chi connectivity index (χ2n) is 8.55. The second-order valence-corrected chi connectivity index (χ2v) is 8.55. The summed E-state index contributed by atoms with van der Waals surface area (Å²) in [5, 5.41) is 0. The number of rotatable bonds is 3. The molecule has 5 rings (SSSR count). The maximum atomic E-state index is 13.9. The maximum Gasteiger partial charge on any atom is 0.254 e. The van der Waals surface area contributed by atoms with Crippen molar-refractivity contribution in [3.8, 4) is 11.5 Å². The maximum absolute atomic E-state index is 13.9. The van der Waals surface area contributed by atoms with Crippen molar-refractivity contribution in [2.75, 3.05) is 33.9 Å². The van der Waals surface area contributed by atoms with E-state index in [9.17, 15) is 9.59 Å². The van der Waals surface area contributed by atoms with Gasteiger partial charge >= 0.3 is 0 Å². The molecule has 0 saturated carbocycles. The Bertz CT molecular complexity index is 1030. The number of nitrogens with zero attached hydrogens (tertiary/aromatic N) is 2. The van der Waals surface area contributed by atoms with Gasteiger partial charge in [-0.2, -0.15) is 0 Å². The van der Waals surface area contributed by atoms with Crippen molar-refractivity contribution < 1.29 is 19.1 Å². The SMILES string of the molecule is COc1cc2c(cc1OC)[C@H]1[C@H](C(=O)N3CCCCC3)c3ccccc3C(=O)N1CC2. The van der Waals surface area contributed by atoms with E-state index in [2.05, 4.69) is 0 Å². The number of hydrogen-bond donors (Lipinski definition) is 0. The fraction of sp³-hybridized carbons (Fsp3) is 0.440. The predicted octanol–water partition coefficient (Wildman–Crippen LogP) is 3.55. The number of fused-ring (bicyclic) bond motifs is 4. The molecule has 6 heteroatoms. The van der Waals surface area contributed by atoms with E-state index in [0.29, 0.717) is 23.6 Å². The zero-order valence-corrected chi connectivity index (χ0v) is 18.1. The van der Waals surface area contributed by atoms with Crippen LogP contribution in [-0.2, 0) is 11.2 Å². The fourth-order valence-electron chi connectivity index (χ4n) is 5.43. The molecule has 1 saturated heterocycles. The van der Waals surface area contributed by atoms with Gasteiger partial charge in [0.25, 0.3) is 5.91 Å². The van der Waals surface area contributed by atoms with Crippen molar-refractivity contribution in [3.05, 3.63) is 58.7 Å². The molecule has 0 spiro atoms. The molecule has 0 aromatic heterocycles. The molecule has 0 N–H and O–H groups in total. The Morgan fingerprint density at radius 3 is 2.39 bits per heavy atom. The molecule has 0 aliphatic carbocycles. The van der Waals surface area contributed by atoms with Crippen LogP contribution >= 0.6 is 0 Å². The van der Waals surface area contributed by atoms with Gasteiger partial charge in [0, 0.05) is 25.2 Å². The molecule has 2 aromatic carbocycles. The topological polar surface area (TPSA) is 59.1 Å². The van der Waals surface area contributed by atoms with E-state index in [1.54, 1.807) is 14.2 Å². The van der Waals surface area contributed by atoms with Crippen LogP contribution in [0.1, 0.15) is 58.3 Å². The van der Waals surface area contributed by atoms with Crippen molar-refractivity contribution in [2.45, 2.75) is 37.6 Å². The van der Waals surface area contributed by atoms with Crippen LogP contribution in [0, 0.1) is 0 Å². The summed E-state index contributed by atoms with van der Waals surface area (Å²) in [6.07, 6.45) is 3.97. The van der Waals surface area contributed by atoms with Crippen LogP contribution in [0.3, 0.4) is 0 Å². The van der Waals surface area contributed by atoms with Crippen LogP contribution in [0.25, 0.3) is 0 Å². The van der Waals surface area contributed by atoms with Crippen LogP contribution in [0.15, 0.2) is 36.4 Å². The van der Waals surface area contributed by atoms with Crippen molar-refractivity contribution >= 4 is 11.8 Å². The number of hydrogen-bond acceptors (Lipinski definition) is 4. The molecule has 3 aliphatic rings. The van der Waals surface area contributed by atoms with E-state index in [1.165, 1.54) is 6.42 Å². The fourth-order valence-corrected chi connectivity index (χ4v) is 5.43. The zero-order chi connectivity index (χ0) is 21.5. The molecular formula is C25H28N2O4. The first-order chi connectivity index (χ1) is 15.1. The quantitative estimate of drug-likeness (QED) is 0.762. The minimum atomic E-state index is -0.413. The second kappa shape index (κ2) is 7.91. The lowest BCUT2D eigenvalue weighted by Gasteiger charge is -2.46. The summed E-state index contributed by atoms with van der Waals surface area (Å²) in [4.78, 5) is 31.2. The molecule has 0 bridgehead atoms. The van der Waals surface area contributed by atoms with Gasteiger partial charge in [0.2, 0.25) is 5.91 Å².